The second kappa shape index (κ2) is 7.02. The fraction of sp³-hybridized carbons (Fsp3) is 0.333. The van der Waals surface area contributed by atoms with Gasteiger partial charge in [-0.25, -0.2) is 0 Å². The molecule has 3 nitrogen and oxygen atoms in total. The molecule has 1 N–H and O–H groups in total. The molecule has 1 unspecified atom stereocenters. The molecule has 0 aromatic heterocycles. The highest BCUT2D eigenvalue weighted by Gasteiger charge is 2.06. The summed E-state index contributed by atoms with van der Waals surface area (Å²) < 4.78 is 10.4. The molecule has 0 heterocycles. The van der Waals surface area contributed by atoms with Crippen LogP contribution in [0.15, 0.2) is 42.5 Å². The first kappa shape index (κ1) is 15.2. The third-order valence-electron chi connectivity index (χ3n) is 3.54. The van der Waals surface area contributed by atoms with Crippen molar-refractivity contribution < 1.29 is 9.47 Å². The molecule has 0 aliphatic rings. The maximum Gasteiger partial charge on any atom is 0.119 e. The lowest BCUT2D eigenvalue weighted by Gasteiger charge is -2.18. The molecule has 0 aliphatic heterocycles. The zero-order chi connectivity index (χ0) is 15.2. The van der Waals surface area contributed by atoms with Gasteiger partial charge in [-0.15, -0.1) is 0 Å². The molecule has 2 aromatic carbocycles. The molecular weight excluding hydrogens is 262 g/mol. The molecule has 1 atom stereocenters. The summed E-state index contributed by atoms with van der Waals surface area (Å²) in [5.41, 5.74) is 3.63. The lowest BCUT2D eigenvalue weighted by Crippen LogP contribution is -2.18. The molecule has 0 amide bonds. The minimum absolute atomic E-state index is 0.352. The van der Waals surface area contributed by atoms with Gasteiger partial charge in [-0.3, -0.25) is 0 Å². The molecule has 112 valence electrons. The molecule has 0 saturated carbocycles. The van der Waals surface area contributed by atoms with Crippen LogP contribution in [0, 0.1) is 6.92 Å². The van der Waals surface area contributed by atoms with Gasteiger partial charge in [0.25, 0.3) is 0 Å². The van der Waals surface area contributed by atoms with Crippen molar-refractivity contribution in [3.05, 3.63) is 53.6 Å². The van der Waals surface area contributed by atoms with Crippen molar-refractivity contribution in [2.75, 3.05) is 19.5 Å². The van der Waals surface area contributed by atoms with Crippen LogP contribution >= 0.6 is 0 Å². The number of hydrogen-bond donors (Lipinski definition) is 1. The SMILES string of the molecule is COc1ccc(CC(C)Nc2ccc(OC)cc2C)cc1. The third kappa shape index (κ3) is 4.15. The third-order valence-corrected chi connectivity index (χ3v) is 3.54. The summed E-state index contributed by atoms with van der Waals surface area (Å²) in [5.74, 6) is 1.78. The van der Waals surface area contributed by atoms with Gasteiger partial charge in [0, 0.05) is 11.7 Å². The van der Waals surface area contributed by atoms with E-state index in [-0.39, 0.29) is 0 Å². The van der Waals surface area contributed by atoms with Crippen LogP contribution in [-0.4, -0.2) is 20.3 Å². The van der Waals surface area contributed by atoms with Crippen LogP contribution in [0.5, 0.6) is 11.5 Å². The van der Waals surface area contributed by atoms with Gasteiger partial charge in [0.05, 0.1) is 14.2 Å². The summed E-state index contributed by atoms with van der Waals surface area (Å²) in [6.45, 7) is 4.28. The minimum Gasteiger partial charge on any atom is -0.497 e. The van der Waals surface area contributed by atoms with Gasteiger partial charge in [-0.2, -0.15) is 0 Å². The Balaban J connectivity index is 1.98. The van der Waals surface area contributed by atoms with Gasteiger partial charge in [-0.1, -0.05) is 12.1 Å². The molecular formula is C18H23NO2. The van der Waals surface area contributed by atoms with Crippen molar-refractivity contribution in [2.45, 2.75) is 26.3 Å². The maximum absolute atomic E-state index is 5.23. The molecule has 21 heavy (non-hydrogen) atoms. The van der Waals surface area contributed by atoms with E-state index in [1.165, 1.54) is 11.1 Å². The van der Waals surface area contributed by atoms with Gasteiger partial charge in [0.1, 0.15) is 11.5 Å². The maximum atomic E-state index is 5.23. The van der Waals surface area contributed by atoms with Gasteiger partial charge < -0.3 is 14.8 Å². The van der Waals surface area contributed by atoms with E-state index in [1.807, 2.05) is 24.3 Å². The van der Waals surface area contributed by atoms with Gasteiger partial charge in [0.2, 0.25) is 0 Å². The predicted octanol–water partition coefficient (Wildman–Crippen LogP) is 4.06. The standard InChI is InChI=1S/C18H23NO2/c1-13-11-17(21-4)9-10-18(13)19-14(2)12-15-5-7-16(20-3)8-6-15/h5-11,14,19H,12H2,1-4H3. The van der Waals surface area contributed by atoms with Crippen molar-refractivity contribution in [3.8, 4) is 11.5 Å². The summed E-state index contributed by atoms with van der Waals surface area (Å²) in [5, 5.41) is 3.55. The Bertz CT molecular complexity index is 578. The average Bonchev–Trinajstić information content (AvgIpc) is 2.50. The van der Waals surface area contributed by atoms with E-state index < -0.39 is 0 Å². The number of benzene rings is 2. The van der Waals surface area contributed by atoms with Crippen LogP contribution in [0.2, 0.25) is 0 Å². The topological polar surface area (TPSA) is 30.5 Å². The summed E-state index contributed by atoms with van der Waals surface area (Å²) in [4.78, 5) is 0. The summed E-state index contributed by atoms with van der Waals surface area (Å²) in [6.07, 6.45) is 0.968. The molecule has 2 aromatic rings. The lowest BCUT2D eigenvalue weighted by atomic mass is 10.1. The van der Waals surface area contributed by atoms with Crippen LogP contribution in [0.4, 0.5) is 5.69 Å². The minimum atomic E-state index is 0.352. The number of ether oxygens (including phenoxy) is 2. The van der Waals surface area contributed by atoms with Crippen LogP contribution in [0.3, 0.4) is 0 Å². The van der Waals surface area contributed by atoms with Crippen LogP contribution in [-0.2, 0) is 6.42 Å². The van der Waals surface area contributed by atoms with Crippen LogP contribution < -0.4 is 14.8 Å². The van der Waals surface area contributed by atoms with E-state index in [0.717, 1.165) is 23.6 Å². The molecule has 0 spiro atoms. The first-order chi connectivity index (χ1) is 10.1. The van der Waals surface area contributed by atoms with E-state index in [1.54, 1.807) is 14.2 Å². The molecule has 0 aliphatic carbocycles. The fourth-order valence-electron chi connectivity index (χ4n) is 2.36. The highest BCUT2D eigenvalue weighted by Crippen LogP contribution is 2.22. The molecule has 0 fully saturated rings. The summed E-state index contributed by atoms with van der Waals surface area (Å²) >= 11 is 0. The number of nitrogens with one attached hydrogen (secondary N) is 1. The quantitative estimate of drug-likeness (QED) is 0.868. The predicted molar refractivity (Wildman–Crippen MR) is 87.5 cm³/mol. The zero-order valence-corrected chi connectivity index (χ0v) is 13.1. The molecule has 0 radical (unpaired) electrons. The number of methoxy groups -OCH3 is 2. The van der Waals surface area contributed by atoms with Gasteiger partial charge >= 0.3 is 0 Å². The molecule has 2 rings (SSSR count). The highest BCUT2D eigenvalue weighted by molar-refractivity contribution is 5.54. The first-order valence-corrected chi connectivity index (χ1v) is 7.16. The van der Waals surface area contributed by atoms with Crippen LogP contribution in [0.25, 0.3) is 0 Å². The molecule has 0 saturated heterocycles. The average molecular weight is 285 g/mol. The fourth-order valence-corrected chi connectivity index (χ4v) is 2.36. The normalized spacial score (nSPS) is 11.8. The Morgan fingerprint density at radius 3 is 2.14 bits per heavy atom. The van der Waals surface area contributed by atoms with E-state index >= 15 is 0 Å². The van der Waals surface area contributed by atoms with Gasteiger partial charge in [-0.05, 0) is 61.7 Å². The second-order valence-corrected chi connectivity index (χ2v) is 5.28. The number of rotatable bonds is 6. The Labute approximate surface area is 126 Å². The second-order valence-electron chi connectivity index (χ2n) is 5.28. The van der Waals surface area contributed by atoms with E-state index in [2.05, 4.69) is 37.4 Å². The summed E-state index contributed by atoms with van der Waals surface area (Å²) in [7, 11) is 3.37. The van der Waals surface area contributed by atoms with Crippen molar-refractivity contribution in [1.29, 1.82) is 0 Å². The van der Waals surface area contributed by atoms with E-state index in [0.29, 0.717) is 6.04 Å². The number of aryl methyl sites for hydroxylation is 1. The Kier molecular flexibility index (Phi) is 5.09. The number of anilines is 1. The van der Waals surface area contributed by atoms with E-state index in [9.17, 15) is 0 Å². The first-order valence-electron chi connectivity index (χ1n) is 7.16. The number of hydrogen-bond acceptors (Lipinski definition) is 3. The largest absolute Gasteiger partial charge is 0.497 e. The Hall–Kier alpha value is -2.16. The van der Waals surface area contributed by atoms with Crippen molar-refractivity contribution >= 4 is 5.69 Å². The van der Waals surface area contributed by atoms with Crippen LogP contribution in [0.1, 0.15) is 18.1 Å². The van der Waals surface area contributed by atoms with Crippen molar-refractivity contribution in [3.63, 3.8) is 0 Å². The molecule has 0 bridgehead atoms. The zero-order valence-electron chi connectivity index (χ0n) is 13.1. The lowest BCUT2D eigenvalue weighted by molar-refractivity contribution is 0.414. The monoisotopic (exact) mass is 285 g/mol. The summed E-state index contributed by atoms with van der Waals surface area (Å²) in [6, 6.07) is 14.7. The smallest absolute Gasteiger partial charge is 0.119 e. The van der Waals surface area contributed by atoms with E-state index in [4.69, 9.17) is 9.47 Å². The molecule has 3 heteroatoms. The van der Waals surface area contributed by atoms with Crippen molar-refractivity contribution in [1.82, 2.24) is 0 Å². The van der Waals surface area contributed by atoms with Gasteiger partial charge in [0.15, 0.2) is 0 Å². The highest BCUT2D eigenvalue weighted by atomic mass is 16.5. The Morgan fingerprint density at radius 2 is 1.57 bits per heavy atom. The Morgan fingerprint density at radius 1 is 0.952 bits per heavy atom. The van der Waals surface area contributed by atoms with Crippen molar-refractivity contribution in [2.24, 2.45) is 0 Å².